The Balaban J connectivity index is 0.000000325. The number of aryl methyl sites for hydroxylation is 1. The second kappa shape index (κ2) is 9.70. The summed E-state index contributed by atoms with van der Waals surface area (Å²) in [7, 11) is 4.09. The first kappa shape index (κ1) is 15.5. The van der Waals surface area contributed by atoms with E-state index < -0.39 is 0 Å². The third-order valence-electron chi connectivity index (χ3n) is 2.31. The molecule has 96 valence electrons. The first-order valence-electron chi connectivity index (χ1n) is 6.02. The first-order valence-corrected chi connectivity index (χ1v) is 6.02. The molecule has 0 atom stereocenters. The number of carbonyl (C=O) groups excluding carboxylic acids is 1. The predicted octanol–water partition coefficient (Wildman–Crippen LogP) is 2.59. The Morgan fingerprint density at radius 1 is 1.24 bits per heavy atom. The molecule has 0 aromatic heterocycles. The van der Waals surface area contributed by atoms with Gasteiger partial charge in [-0.2, -0.15) is 0 Å². The lowest BCUT2D eigenvalue weighted by molar-refractivity contribution is -0.109. The van der Waals surface area contributed by atoms with Gasteiger partial charge in [-0.3, -0.25) is 4.79 Å². The molecule has 1 rings (SSSR count). The molecule has 0 spiro atoms. The number of rotatable bonds is 5. The van der Waals surface area contributed by atoms with Gasteiger partial charge in [-0.15, -0.1) is 0 Å². The highest BCUT2D eigenvalue weighted by Gasteiger charge is 1.90. The van der Waals surface area contributed by atoms with Crippen molar-refractivity contribution in [3.8, 4) is 0 Å². The number of nitrogens with zero attached hydrogens (tertiary/aromatic N) is 1. The highest BCUT2D eigenvalue weighted by molar-refractivity contribution is 5.46. The number of nitrogens with one attached hydrogen (secondary N) is 1. The third-order valence-corrected chi connectivity index (χ3v) is 2.31. The Morgan fingerprint density at radius 2 is 1.82 bits per heavy atom. The van der Waals surface area contributed by atoms with Crippen molar-refractivity contribution < 1.29 is 4.79 Å². The summed E-state index contributed by atoms with van der Waals surface area (Å²) < 4.78 is 0. The van der Waals surface area contributed by atoms with Crippen LogP contribution in [0.15, 0.2) is 24.3 Å². The van der Waals surface area contributed by atoms with Crippen LogP contribution in [-0.4, -0.2) is 27.1 Å². The Labute approximate surface area is 105 Å². The van der Waals surface area contributed by atoms with Crippen LogP contribution in [0.1, 0.15) is 25.3 Å². The van der Waals surface area contributed by atoms with Gasteiger partial charge in [-0.1, -0.05) is 31.0 Å². The number of amides is 1. The molecule has 0 saturated heterocycles. The predicted molar refractivity (Wildman–Crippen MR) is 74.5 cm³/mol. The molecule has 3 nitrogen and oxygen atoms in total. The monoisotopic (exact) mass is 236 g/mol. The van der Waals surface area contributed by atoms with Crippen molar-refractivity contribution in [2.75, 3.05) is 25.5 Å². The van der Waals surface area contributed by atoms with Gasteiger partial charge >= 0.3 is 0 Å². The zero-order chi connectivity index (χ0) is 13.1. The summed E-state index contributed by atoms with van der Waals surface area (Å²) in [5.41, 5.74) is 2.57. The molecule has 1 aromatic carbocycles. The van der Waals surface area contributed by atoms with Gasteiger partial charge in [0.05, 0.1) is 0 Å². The number of hydrogen-bond acceptors (Lipinski definition) is 2. The normalized spacial score (nSPS) is 8.94. The van der Waals surface area contributed by atoms with Gasteiger partial charge in [0.25, 0.3) is 0 Å². The van der Waals surface area contributed by atoms with Crippen LogP contribution in [0, 0.1) is 6.92 Å². The largest absolute Gasteiger partial charge is 0.378 e. The summed E-state index contributed by atoms with van der Waals surface area (Å²) in [6.45, 7) is 5.01. The van der Waals surface area contributed by atoms with Crippen LogP contribution in [0.2, 0.25) is 0 Å². The number of unbranched alkanes of at least 4 members (excludes halogenated alkanes) is 1. The van der Waals surface area contributed by atoms with Gasteiger partial charge in [0.15, 0.2) is 0 Å². The zero-order valence-electron chi connectivity index (χ0n) is 11.4. The minimum atomic E-state index is 0.732. The highest BCUT2D eigenvalue weighted by atomic mass is 16.1. The van der Waals surface area contributed by atoms with E-state index in [1.165, 1.54) is 11.3 Å². The van der Waals surface area contributed by atoms with Crippen LogP contribution in [0.4, 0.5) is 5.69 Å². The molecule has 0 aliphatic rings. The van der Waals surface area contributed by atoms with Gasteiger partial charge in [-0.05, 0) is 25.5 Å². The Bertz CT molecular complexity index is 294. The maximum absolute atomic E-state index is 9.57. The van der Waals surface area contributed by atoms with E-state index in [0.717, 1.165) is 25.8 Å². The minimum absolute atomic E-state index is 0.732. The van der Waals surface area contributed by atoms with Crippen LogP contribution < -0.4 is 10.2 Å². The summed E-state index contributed by atoms with van der Waals surface area (Å²) in [5.74, 6) is 0. The second-order valence-electron chi connectivity index (χ2n) is 4.16. The minimum Gasteiger partial charge on any atom is -0.378 e. The summed E-state index contributed by atoms with van der Waals surface area (Å²) >= 11 is 0. The fourth-order valence-corrected chi connectivity index (χ4v) is 1.18. The molecule has 0 aliphatic carbocycles. The molecule has 0 bridgehead atoms. The number of carbonyl (C=O) groups is 1. The quantitative estimate of drug-likeness (QED) is 0.629. The van der Waals surface area contributed by atoms with Crippen LogP contribution in [-0.2, 0) is 4.79 Å². The lowest BCUT2D eigenvalue weighted by atomic mass is 10.2. The second-order valence-corrected chi connectivity index (χ2v) is 4.16. The van der Waals surface area contributed by atoms with Gasteiger partial charge < -0.3 is 10.2 Å². The Kier molecular flexibility index (Phi) is 8.84. The molecular formula is C14H24N2O. The van der Waals surface area contributed by atoms with Gasteiger partial charge in [0.2, 0.25) is 6.41 Å². The molecule has 0 unspecified atom stereocenters. The molecule has 0 fully saturated rings. The fraction of sp³-hybridized carbons (Fsp3) is 0.500. The van der Waals surface area contributed by atoms with Crippen LogP contribution in [0.25, 0.3) is 0 Å². The van der Waals surface area contributed by atoms with E-state index in [-0.39, 0.29) is 0 Å². The lowest BCUT2D eigenvalue weighted by Gasteiger charge is -2.11. The molecule has 1 aromatic rings. The molecule has 1 amide bonds. The molecule has 1 N–H and O–H groups in total. The standard InChI is InChI=1S/C9H13N.C5H11NO/c1-8-4-6-9(7-5-8)10(2)3;1-2-3-4-6-5-7/h4-7H,1-3H3;5H,2-4H2,1H3,(H,6,7). The van der Waals surface area contributed by atoms with E-state index in [4.69, 9.17) is 0 Å². The Hall–Kier alpha value is -1.51. The smallest absolute Gasteiger partial charge is 0.207 e. The van der Waals surface area contributed by atoms with Gasteiger partial charge in [0.1, 0.15) is 0 Å². The van der Waals surface area contributed by atoms with Crippen LogP contribution in [0.5, 0.6) is 0 Å². The van der Waals surface area contributed by atoms with Crippen molar-refractivity contribution in [3.63, 3.8) is 0 Å². The van der Waals surface area contributed by atoms with E-state index in [0.29, 0.717) is 0 Å². The van der Waals surface area contributed by atoms with Crippen molar-refractivity contribution in [1.29, 1.82) is 0 Å². The average Bonchev–Trinajstić information content (AvgIpc) is 2.31. The van der Waals surface area contributed by atoms with Crippen molar-refractivity contribution in [2.24, 2.45) is 0 Å². The molecule has 0 radical (unpaired) electrons. The summed E-state index contributed by atoms with van der Waals surface area (Å²) in [6, 6.07) is 8.48. The van der Waals surface area contributed by atoms with E-state index in [2.05, 4.69) is 48.3 Å². The molecule has 0 aliphatic heterocycles. The van der Waals surface area contributed by atoms with Crippen molar-refractivity contribution in [1.82, 2.24) is 5.32 Å². The topological polar surface area (TPSA) is 32.3 Å². The van der Waals surface area contributed by atoms with E-state index in [9.17, 15) is 4.79 Å². The van der Waals surface area contributed by atoms with Crippen LogP contribution >= 0.6 is 0 Å². The van der Waals surface area contributed by atoms with Crippen LogP contribution in [0.3, 0.4) is 0 Å². The molecule has 17 heavy (non-hydrogen) atoms. The highest BCUT2D eigenvalue weighted by Crippen LogP contribution is 2.10. The third kappa shape index (κ3) is 8.31. The number of benzene rings is 1. The summed E-state index contributed by atoms with van der Waals surface area (Å²) in [5, 5.41) is 2.57. The first-order chi connectivity index (χ1) is 8.11. The maximum Gasteiger partial charge on any atom is 0.207 e. The van der Waals surface area contributed by atoms with Crippen molar-refractivity contribution in [2.45, 2.75) is 26.7 Å². The molecular weight excluding hydrogens is 212 g/mol. The number of hydrogen-bond donors (Lipinski definition) is 1. The van der Waals surface area contributed by atoms with Crippen molar-refractivity contribution >= 4 is 12.1 Å². The number of anilines is 1. The lowest BCUT2D eigenvalue weighted by Crippen LogP contribution is -2.11. The van der Waals surface area contributed by atoms with E-state index >= 15 is 0 Å². The molecule has 3 heteroatoms. The van der Waals surface area contributed by atoms with Gasteiger partial charge in [-0.25, -0.2) is 0 Å². The average molecular weight is 236 g/mol. The molecule has 0 heterocycles. The summed E-state index contributed by atoms with van der Waals surface area (Å²) in [6.07, 6.45) is 2.95. The fourth-order valence-electron chi connectivity index (χ4n) is 1.18. The Morgan fingerprint density at radius 3 is 2.24 bits per heavy atom. The SMILES string of the molecule is CCCCNC=O.Cc1ccc(N(C)C)cc1. The van der Waals surface area contributed by atoms with E-state index in [1.807, 2.05) is 14.1 Å². The van der Waals surface area contributed by atoms with Crippen molar-refractivity contribution in [3.05, 3.63) is 29.8 Å². The zero-order valence-corrected chi connectivity index (χ0v) is 11.4. The summed E-state index contributed by atoms with van der Waals surface area (Å²) in [4.78, 5) is 11.7. The van der Waals surface area contributed by atoms with E-state index in [1.54, 1.807) is 0 Å². The molecule has 0 saturated carbocycles. The maximum atomic E-state index is 9.57. The van der Waals surface area contributed by atoms with Gasteiger partial charge in [0, 0.05) is 26.3 Å².